The SMILES string of the molecule is CC(C)c1ncc([C@H]2[C@H](C(=O)O)C2(C)C)s1. The normalized spacial score (nSPS) is 27.1. The fourth-order valence-electron chi connectivity index (χ4n) is 2.34. The minimum absolute atomic E-state index is 0.118. The van der Waals surface area contributed by atoms with Crippen LogP contribution in [0.3, 0.4) is 0 Å². The molecule has 1 N–H and O–H groups in total. The molecule has 16 heavy (non-hydrogen) atoms. The molecule has 0 aromatic carbocycles. The van der Waals surface area contributed by atoms with Crippen LogP contribution in [0.5, 0.6) is 0 Å². The van der Waals surface area contributed by atoms with Crippen molar-refractivity contribution in [2.24, 2.45) is 11.3 Å². The van der Waals surface area contributed by atoms with E-state index < -0.39 is 5.97 Å². The zero-order valence-corrected chi connectivity index (χ0v) is 10.8. The molecular formula is C12H17NO2S. The molecule has 0 unspecified atom stereocenters. The van der Waals surface area contributed by atoms with Crippen molar-refractivity contribution in [1.29, 1.82) is 0 Å². The van der Waals surface area contributed by atoms with Crippen molar-refractivity contribution < 1.29 is 9.90 Å². The smallest absolute Gasteiger partial charge is 0.307 e. The lowest BCUT2D eigenvalue weighted by Gasteiger charge is -1.98. The van der Waals surface area contributed by atoms with E-state index in [2.05, 4.69) is 18.8 Å². The van der Waals surface area contributed by atoms with Gasteiger partial charge in [0.1, 0.15) is 0 Å². The lowest BCUT2D eigenvalue weighted by molar-refractivity contribution is -0.139. The summed E-state index contributed by atoms with van der Waals surface area (Å²) in [4.78, 5) is 16.6. The van der Waals surface area contributed by atoms with Crippen molar-refractivity contribution in [1.82, 2.24) is 4.98 Å². The van der Waals surface area contributed by atoms with Gasteiger partial charge in [-0.3, -0.25) is 4.79 Å². The van der Waals surface area contributed by atoms with Gasteiger partial charge in [-0.15, -0.1) is 11.3 Å². The molecule has 2 atom stereocenters. The third-order valence-corrected chi connectivity index (χ3v) is 4.82. The topological polar surface area (TPSA) is 50.2 Å². The predicted octanol–water partition coefficient (Wildman–Crippen LogP) is 3.09. The van der Waals surface area contributed by atoms with E-state index >= 15 is 0 Å². The van der Waals surface area contributed by atoms with Crippen molar-refractivity contribution in [3.05, 3.63) is 16.1 Å². The van der Waals surface area contributed by atoms with Crippen LogP contribution in [0.2, 0.25) is 0 Å². The Morgan fingerprint density at radius 1 is 1.56 bits per heavy atom. The Kier molecular flexibility index (Phi) is 2.57. The molecule has 1 heterocycles. The highest BCUT2D eigenvalue weighted by atomic mass is 32.1. The third-order valence-electron chi connectivity index (χ3n) is 3.44. The van der Waals surface area contributed by atoms with Crippen molar-refractivity contribution in [3.8, 4) is 0 Å². The molecule has 0 amide bonds. The number of aromatic nitrogens is 1. The molecule has 2 rings (SSSR count). The second kappa shape index (κ2) is 3.55. The summed E-state index contributed by atoms with van der Waals surface area (Å²) in [6.45, 7) is 8.25. The number of carboxylic acids is 1. The molecule has 1 aliphatic rings. The third kappa shape index (κ3) is 1.65. The van der Waals surface area contributed by atoms with Crippen LogP contribution in [-0.4, -0.2) is 16.1 Å². The van der Waals surface area contributed by atoms with E-state index in [9.17, 15) is 4.79 Å². The highest BCUT2D eigenvalue weighted by molar-refractivity contribution is 7.11. The van der Waals surface area contributed by atoms with Gasteiger partial charge in [-0.1, -0.05) is 27.7 Å². The van der Waals surface area contributed by atoms with Gasteiger partial charge in [-0.25, -0.2) is 4.98 Å². The number of thiazole rings is 1. The van der Waals surface area contributed by atoms with Crippen LogP contribution in [-0.2, 0) is 4.79 Å². The van der Waals surface area contributed by atoms with E-state index in [4.69, 9.17) is 5.11 Å². The Morgan fingerprint density at radius 2 is 2.19 bits per heavy atom. The second-order valence-corrected chi connectivity index (χ2v) is 6.46. The van der Waals surface area contributed by atoms with E-state index in [1.54, 1.807) is 11.3 Å². The van der Waals surface area contributed by atoms with Gasteiger partial charge in [0.2, 0.25) is 0 Å². The molecule has 0 aliphatic heterocycles. The maximum atomic E-state index is 11.1. The molecular weight excluding hydrogens is 222 g/mol. The fraction of sp³-hybridized carbons (Fsp3) is 0.667. The average Bonchev–Trinajstić information content (AvgIpc) is 2.60. The van der Waals surface area contributed by atoms with E-state index in [-0.39, 0.29) is 17.3 Å². The van der Waals surface area contributed by atoms with Crippen LogP contribution in [0.1, 0.15) is 49.4 Å². The van der Waals surface area contributed by atoms with Gasteiger partial charge >= 0.3 is 5.97 Å². The Morgan fingerprint density at radius 3 is 2.56 bits per heavy atom. The summed E-state index contributed by atoms with van der Waals surface area (Å²) in [5.41, 5.74) is -0.118. The first-order chi connectivity index (χ1) is 7.35. The standard InChI is InChI=1S/C12H17NO2S/c1-6(2)10-13-5-7(16-10)8-9(11(14)15)12(8,3)4/h5-6,8-9H,1-4H3,(H,14,15)/t8-,9+/m0/s1. The van der Waals surface area contributed by atoms with Crippen LogP contribution in [0.15, 0.2) is 6.20 Å². The molecule has 0 spiro atoms. The molecule has 88 valence electrons. The van der Waals surface area contributed by atoms with Crippen LogP contribution in [0.25, 0.3) is 0 Å². The van der Waals surface area contributed by atoms with Gasteiger partial charge in [0, 0.05) is 22.9 Å². The summed E-state index contributed by atoms with van der Waals surface area (Å²) < 4.78 is 0. The van der Waals surface area contributed by atoms with Crippen LogP contribution in [0, 0.1) is 11.3 Å². The molecule has 0 radical (unpaired) electrons. The van der Waals surface area contributed by atoms with Crippen molar-refractivity contribution in [3.63, 3.8) is 0 Å². The quantitative estimate of drug-likeness (QED) is 0.881. The number of nitrogens with zero attached hydrogens (tertiary/aromatic N) is 1. The summed E-state index contributed by atoms with van der Waals surface area (Å²) in [5.74, 6) is -0.360. The molecule has 0 saturated heterocycles. The Labute approximate surface area is 99.5 Å². The van der Waals surface area contributed by atoms with Crippen LogP contribution < -0.4 is 0 Å². The first-order valence-electron chi connectivity index (χ1n) is 5.54. The summed E-state index contributed by atoms with van der Waals surface area (Å²) in [6.07, 6.45) is 1.86. The highest BCUT2D eigenvalue weighted by Gasteiger charge is 2.63. The summed E-state index contributed by atoms with van der Waals surface area (Å²) in [7, 11) is 0. The van der Waals surface area contributed by atoms with Gasteiger partial charge in [-0.05, 0) is 5.41 Å². The number of carbonyl (C=O) groups is 1. The van der Waals surface area contributed by atoms with E-state index in [1.165, 1.54) is 0 Å². The van der Waals surface area contributed by atoms with Crippen molar-refractivity contribution in [2.45, 2.75) is 39.5 Å². The maximum absolute atomic E-state index is 11.1. The lowest BCUT2D eigenvalue weighted by Crippen LogP contribution is -2.02. The summed E-state index contributed by atoms with van der Waals surface area (Å²) in [5, 5.41) is 10.2. The van der Waals surface area contributed by atoms with Crippen molar-refractivity contribution >= 4 is 17.3 Å². The molecule has 4 heteroatoms. The first kappa shape index (κ1) is 11.6. The van der Waals surface area contributed by atoms with Crippen LogP contribution in [0.4, 0.5) is 0 Å². The number of hydrogen-bond acceptors (Lipinski definition) is 3. The predicted molar refractivity (Wildman–Crippen MR) is 63.9 cm³/mol. The Bertz CT molecular complexity index is 422. The minimum Gasteiger partial charge on any atom is -0.481 e. The van der Waals surface area contributed by atoms with Gasteiger partial charge in [0.25, 0.3) is 0 Å². The van der Waals surface area contributed by atoms with E-state index in [0.29, 0.717) is 5.92 Å². The highest BCUT2D eigenvalue weighted by Crippen LogP contribution is 2.65. The molecule has 1 aromatic rings. The molecule has 1 aliphatic carbocycles. The molecule has 1 aromatic heterocycles. The maximum Gasteiger partial charge on any atom is 0.307 e. The Balaban J connectivity index is 2.23. The van der Waals surface area contributed by atoms with E-state index in [1.807, 2.05) is 20.0 Å². The summed E-state index contributed by atoms with van der Waals surface area (Å²) >= 11 is 1.66. The largest absolute Gasteiger partial charge is 0.481 e. The number of rotatable bonds is 3. The second-order valence-electron chi connectivity index (χ2n) is 5.37. The minimum atomic E-state index is -0.686. The van der Waals surface area contributed by atoms with Gasteiger partial charge in [-0.2, -0.15) is 0 Å². The number of carboxylic acid groups (broad SMARTS) is 1. The Hall–Kier alpha value is -0.900. The van der Waals surface area contributed by atoms with Crippen LogP contribution >= 0.6 is 11.3 Å². The average molecular weight is 239 g/mol. The molecule has 1 fully saturated rings. The fourth-order valence-corrected chi connectivity index (χ4v) is 3.60. The van der Waals surface area contributed by atoms with E-state index in [0.717, 1.165) is 9.88 Å². The van der Waals surface area contributed by atoms with Crippen molar-refractivity contribution in [2.75, 3.05) is 0 Å². The monoisotopic (exact) mass is 239 g/mol. The number of hydrogen-bond donors (Lipinski definition) is 1. The first-order valence-corrected chi connectivity index (χ1v) is 6.35. The molecule has 3 nitrogen and oxygen atoms in total. The zero-order valence-electron chi connectivity index (χ0n) is 10.0. The zero-order chi connectivity index (χ0) is 12.1. The lowest BCUT2D eigenvalue weighted by atomic mass is 10.1. The van der Waals surface area contributed by atoms with Gasteiger partial charge in [0.15, 0.2) is 0 Å². The molecule has 1 saturated carbocycles. The molecule has 0 bridgehead atoms. The number of aliphatic carboxylic acids is 1. The van der Waals surface area contributed by atoms with Gasteiger partial charge in [0.05, 0.1) is 10.9 Å². The van der Waals surface area contributed by atoms with Gasteiger partial charge < -0.3 is 5.11 Å². The summed E-state index contributed by atoms with van der Waals surface area (Å²) in [6, 6.07) is 0.